The van der Waals surface area contributed by atoms with Crippen LogP contribution in [-0.4, -0.2) is 63.5 Å². The minimum Gasteiger partial charge on any atom is -0.497 e. The molecule has 3 heterocycles. The Morgan fingerprint density at radius 1 is 1.26 bits per heavy atom. The minimum absolute atomic E-state index is 0.0455. The fraction of sp³-hybridized carbons (Fsp3) is 0.429. The zero-order chi connectivity index (χ0) is 22.3. The van der Waals surface area contributed by atoms with Crippen LogP contribution in [0.2, 0.25) is 0 Å². The number of piperazine rings is 1. The molecule has 1 aliphatic heterocycles. The lowest BCUT2D eigenvalue weighted by molar-refractivity contribution is 0.200. The molecule has 0 bridgehead atoms. The van der Waals surface area contributed by atoms with Gasteiger partial charge < -0.3 is 25.6 Å². The summed E-state index contributed by atoms with van der Waals surface area (Å²) in [7, 11) is 3.50. The van der Waals surface area contributed by atoms with Crippen LogP contribution in [0.15, 0.2) is 18.2 Å². The first kappa shape index (κ1) is 20.7. The molecule has 4 rings (SSSR count). The van der Waals surface area contributed by atoms with E-state index in [1.165, 1.54) is 0 Å². The topological polar surface area (TPSA) is 114 Å². The molecule has 2 amide bonds. The van der Waals surface area contributed by atoms with E-state index in [4.69, 9.17) is 10.5 Å². The Morgan fingerprint density at radius 3 is 2.71 bits per heavy atom. The van der Waals surface area contributed by atoms with E-state index in [0.717, 1.165) is 39.5 Å². The van der Waals surface area contributed by atoms with Gasteiger partial charge >= 0.3 is 6.03 Å². The van der Waals surface area contributed by atoms with Crippen molar-refractivity contribution in [3.63, 3.8) is 0 Å². The first-order valence-electron chi connectivity index (χ1n) is 10.2. The lowest BCUT2D eigenvalue weighted by atomic mass is 10.1. The number of benzene rings is 1. The molecular formula is C21H28N8O2. The quantitative estimate of drug-likeness (QED) is 0.663. The van der Waals surface area contributed by atoms with Crippen molar-refractivity contribution in [3.8, 4) is 5.75 Å². The van der Waals surface area contributed by atoms with Gasteiger partial charge in [-0.15, -0.1) is 0 Å². The second kappa shape index (κ2) is 7.93. The summed E-state index contributed by atoms with van der Waals surface area (Å²) in [4.78, 5) is 25.8. The lowest BCUT2D eigenvalue weighted by Gasteiger charge is -2.40. The highest BCUT2D eigenvalue weighted by atomic mass is 16.5. The zero-order valence-electron chi connectivity index (χ0n) is 18.5. The lowest BCUT2D eigenvalue weighted by Crippen LogP contribution is -2.55. The number of urea groups is 1. The first-order valence-corrected chi connectivity index (χ1v) is 10.2. The van der Waals surface area contributed by atoms with Gasteiger partial charge in [0, 0.05) is 38.4 Å². The molecule has 10 heteroatoms. The summed E-state index contributed by atoms with van der Waals surface area (Å²) < 4.78 is 7.02. The molecule has 0 radical (unpaired) electrons. The van der Waals surface area contributed by atoms with Crippen molar-refractivity contribution < 1.29 is 9.53 Å². The number of carbonyl (C=O) groups is 1. The molecule has 0 unspecified atom stereocenters. The molecule has 1 atom stereocenters. The number of nitrogens with one attached hydrogen (secondary N) is 1. The number of nitrogen functional groups attached to an aromatic ring is 1. The van der Waals surface area contributed by atoms with E-state index >= 15 is 0 Å². The van der Waals surface area contributed by atoms with E-state index in [9.17, 15) is 4.79 Å². The summed E-state index contributed by atoms with van der Waals surface area (Å²) >= 11 is 0. The summed E-state index contributed by atoms with van der Waals surface area (Å²) in [6, 6.07) is 5.52. The van der Waals surface area contributed by atoms with Crippen molar-refractivity contribution in [1.82, 2.24) is 24.6 Å². The maximum atomic E-state index is 12.9. The molecule has 31 heavy (non-hydrogen) atoms. The number of aromatic nitrogens is 4. The third-order valence-electron chi connectivity index (χ3n) is 5.71. The number of methoxy groups -OCH3 is 1. The molecule has 1 aliphatic rings. The summed E-state index contributed by atoms with van der Waals surface area (Å²) in [5.74, 6) is 1.74. The van der Waals surface area contributed by atoms with Crippen molar-refractivity contribution in [1.29, 1.82) is 0 Å². The Balaban J connectivity index is 1.52. The highest BCUT2D eigenvalue weighted by Crippen LogP contribution is 2.29. The smallest absolute Gasteiger partial charge is 0.321 e. The largest absolute Gasteiger partial charge is 0.497 e. The van der Waals surface area contributed by atoms with Crippen LogP contribution >= 0.6 is 0 Å². The standard InChI is InChI=1S/C21H28N8O2/c1-12-10-15(31-5)6-7-16(12)23-21(30)28-8-9-29(13(2)11-28)19-18-17(24-20(22)25-19)14(3)26-27(18)4/h6-7,10,13H,8-9,11H2,1-5H3,(H,23,30)(H2,22,24,25)/t13-/m0/s1. The fourth-order valence-electron chi connectivity index (χ4n) is 4.09. The number of hydrogen-bond acceptors (Lipinski definition) is 7. The number of rotatable bonds is 3. The van der Waals surface area contributed by atoms with E-state index in [0.29, 0.717) is 19.6 Å². The SMILES string of the molecule is COc1ccc(NC(=O)N2CCN(c3nc(N)nc4c(C)nn(C)c34)[C@@H](C)C2)c(C)c1. The number of nitrogens with zero attached hydrogens (tertiary/aromatic N) is 6. The van der Waals surface area contributed by atoms with Gasteiger partial charge in [0.25, 0.3) is 0 Å². The highest BCUT2D eigenvalue weighted by molar-refractivity contribution is 5.91. The molecular weight excluding hydrogens is 396 g/mol. The van der Waals surface area contributed by atoms with Crippen LogP contribution in [0.25, 0.3) is 11.0 Å². The Morgan fingerprint density at radius 2 is 2.03 bits per heavy atom. The van der Waals surface area contributed by atoms with Crippen LogP contribution in [0.3, 0.4) is 0 Å². The number of aryl methyl sites for hydroxylation is 3. The van der Waals surface area contributed by atoms with Gasteiger partial charge in [0.05, 0.1) is 12.8 Å². The van der Waals surface area contributed by atoms with Crippen molar-refractivity contribution >= 4 is 34.5 Å². The predicted octanol–water partition coefficient (Wildman–Crippen LogP) is 2.31. The van der Waals surface area contributed by atoms with Crippen LogP contribution in [0.4, 0.5) is 22.2 Å². The molecule has 0 aliphatic carbocycles. The number of hydrogen-bond donors (Lipinski definition) is 2. The van der Waals surface area contributed by atoms with E-state index < -0.39 is 0 Å². The molecule has 1 aromatic carbocycles. The van der Waals surface area contributed by atoms with Gasteiger partial charge in [0.1, 0.15) is 16.8 Å². The van der Waals surface area contributed by atoms with Crippen LogP contribution in [-0.2, 0) is 7.05 Å². The molecule has 0 spiro atoms. The Bertz CT molecular complexity index is 1140. The number of nitrogens with two attached hydrogens (primary N) is 1. The number of carbonyl (C=O) groups excluding carboxylic acids is 1. The van der Waals surface area contributed by atoms with Crippen molar-refractivity contribution in [2.75, 3.05) is 42.7 Å². The normalized spacial score (nSPS) is 16.6. The van der Waals surface area contributed by atoms with E-state index in [1.807, 2.05) is 44.0 Å². The van der Waals surface area contributed by atoms with Crippen LogP contribution < -0.4 is 20.7 Å². The van der Waals surface area contributed by atoms with E-state index in [2.05, 4.69) is 32.2 Å². The molecule has 3 N–H and O–H groups in total. The molecule has 0 saturated carbocycles. The average Bonchev–Trinajstić information content (AvgIpc) is 3.02. The van der Waals surface area contributed by atoms with E-state index in [-0.39, 0.29) is 18.0 Å². The van der Waals surface area contributed by atoms with Crippen LogP contribution in [0.1, 0.15) is 18.2 Å². The molecule has 1 saturated heterocycles. The maximum Gasteiger partial charge on any atom is 0.321 e. The van der Waals surface area contributed by atoms with Crippen molar-refractivity contribution in [2.24, 2.45) is 7.05 Å². The number of ether oxygens (including phenoxy) is 1. The zero-order valence-corrected chi connectivity index (χ0v) is 18.5. The first-order chi connectivity index (χ1) is 14.8. The van der Waals surface area contributed by atoms with Gasteiger partial charge in [-0.3, -0.25) is 4.68 Å². The number of amides is 2. The van der Waals surface area contributed by atoms with Gasteiger partial charge in [-0.05, 0) is 44.5 Å². The monoisotopic (exact) mass is 424 g/mol. The third kappa shape index (κ3) is 3.80. The number of anilines is 3. The molecule has 3 aromatic rings. The molecule has 2 aromatic heterocycles. The van der Waals surface area contributed by atoms with E-state index in [1.54, 1.807) is 11.8 Å². The molecule has 164 valence electrons. The summed E-state index contributed by atoms with van der Waals surface area (Å²) in [5, 5.41) is 7.48. The minimum atomic E-state index is -0.122. The maximum absolute atomic E-state index is 12.9. The third-order valence-corrected chi connectivity index (χ3v) is 5.71. The second-order valence-electron chi connectivity index (χ2n) is 7.91. The Kier molecular flexibility index (Phi) is 5.30. The van der Waals surface area contributed by atoms with Gasteiger partial charge in [0.15, 0.2) is 5.82 Å². The molecule has 10 nitrogen and oxygen atoms in total. The van der Waals surface area contributed by atoms with Crippen molar-refractivity contribution in [2.45, 2.75) is 26.8 Å². The fourth-order valence-corrected chi connectivity index (χ4v) is 4.09. The Labute approximate surface area is 181 Å². The van der Waals surface area contributed by atoms with Gasteiger partial charge in [-0.25, -0.2) is 9.78 Å². The van der Waals surface area contributed by atoms with Gasteiger partial charge in [-0.2, -0.15) is 10.1 Å². The van der Waals surface area contributed by atoms with Crippen LogP contribution in [0.5, 0.6) is 5.75 Å². The summed E-state index contributed by atoms with van der Waals surface area (Å²) in [5.41, 5.74) is 10.1. The average molecular weight is 425 g/mol. The van der Waals surface area contributed by atoms with Crippen LogP contribution in [0, 0.1) is 13.8 Å². The van der Waals surface area contributed by atoms with Gasteiger partial charge in [-0.1, -0.05) is 0 Å². The summed E-state index contributed by atoms with van der Waals surface area (Å²) in [6.07, 6.45) is 0. The highest BCUT2D eigenvalue weighted by Gasteiger charge is 2.30. The number of fused-ring (bicyclic) bond motifs is 1. The Hall–Kier alpha value is -3.56. The predicted molar refractivity (Wildman–Crippen MR) is 121 cm³/mol. The van der Waals surface area contributed by atoms with Gasteiger partial charge in [0.2, 0.25) is 5.95 Å². The molecule has 1 fully saturated rings. The summed E-state index contributed by atoms with van der Waals surface area (Å²) in [6.45, 7) is 7.68. The second-order valence-corrected chi connectivity index (χ2v) is 7.91. The van der Waals surface area contributed by atoms with Crippen molar-refractivity contribution in [3.05, 3.63) is 29.5 Å².